The number of benzene rings is 3. The molecule has 3 aromatic carbocycles. The molecular formula is C48H62BNO6Si. The number of carbonyl (C=O) groups excluding carboxylic acids is 2. The van der Waals surface area contributed by atoms with Crippen LogP contribution < -0.4 is 10.4 Å². The van der Waals surface area contributed by atoms with Crippen molar-refractivity contribution in [3.05, 3.63) is 106 Å². The summed E-state index contributed by atoms with van der Waals surface area (Å²) in [7, 11) is -3.98. The van der Waals surface area contributed by atoms with Crippen molar-refractivity contribution in [2.24, 2.45) is 17.8 Å². The topological polar surface area (TPSA) is 96.3 Å². The van der Waals surface area contributed by atoms with Gasteiger partial charge in [0.15, 0.2) is 0 Å². The van der Waals surface area contributed by atoms with Gasteiger partial charge >= 0.3 is 7.12 Å². The minimum atomic E-state index is -2.95. The van der Waals surface area contributed by atoms with E-state index < -0.39 is 33.4 Å². The zero-order chi connectivity index (χ0) is 40.5. The molecule has 2 amide bonds. The Hall–Kier alpha value is -3.76. The third kappa shape index (κ3) is 8.14. The van der Waals surface area contributed by atoms with Crippen LogP contribution >= 0.6 is 0 Å². The van der Waals surface area contributed by atoms with E-state index in [1.165, 1.54) is 15.9 Å². The van der Waals surface area contributed by atoms with Crippen molar-refractivity contribution in [2.75, 3.05) is 6.61 Å². The molecule has 2 heterocycles. The van der Waals surface area contributed by atoms with Gasteiger partial charge in [0, 0.05) is 6.04 Å². The number of nitrogens with zero attached hydrogens (tertiary/aromatic N) is 1. The monoisotopic (exact) mass is 787 g/mol. The molecule has 7 rings (SSSR count). The molecule has 2 aliphatic heterocycles. The molecule has 0 unspecified atom stereocenters. The summed E-state index contributed by atoms with van der Waals surface area (Å²) in [6, 6.07) is 25.3. The minimum Gasteiger partial charge on any atom is -0.507 e. The third-order valence-corrected chi connectivity index (χ3v) is 18.3. The predicted molar refractivity (Wildman–Crippen MR) is 232 cm³/mol. The van der Waals surface area contributed by atoms with Crippen LogP contribution in [0.25, 0.3) is 6.08 Å². The molecule has 9 heteroatoms. The Morgan fingerprint density at radius 3 is 2.11 bits per heavy atom. The first-order chi connectivity index (χ1) is 27.3. The second-order valence-corrected chi connectivity index (χ2v) is 22.5. The molecule has 2 N–H and O–H groups in total. The van der Waals surface area contributed by atoms with Gasteiger partial charge in [-0.1, -0.05) is 126 Å². The number of rotatable bonds is 12. The standard InChI is InChI=1S/C48H62BNO6Si/c1-7-17-34(28-35-26-32(2)45(51)33(3)27-35)24-25-42-43-36(31-55-57(48(4,5)6,38-20-13-9-14-21-38)39-22-15-10-16-23-39)29-40-44(41(43)30-49(54)56-42)47(53)50(46(40)52)37-18-11-8-12-19-37/h9-10,13-16,20-23,26-28,37,40-42,44,51,54H,7-8,11-12,17-19,24-25,29-31H2,1-6H3/b34-28+/t40-,41+,42-,44-/m1/s1. The van der Waals surface area contributed by atoms with Crippen molar-refractivity contribution >= 4 is 43.7 Å². The van der Waals surface area contributed by atoms with Crippen LogP contribution in [0.4, 0.5) is 0 Å². The number of allylic oxidation sites excluding steroid dienone is 1. The summed E-state index contributed by atoms with van der Waals surface area (Å²) in [5.41, 5.74) is 6.16. The number of amides is 2. The number of hydrogen-bond acceptors (Lipinski definition) is 6. The molecule has 3 fully saturated rings. The summed E-state index contributed by atoms with van der Waals surface area (Å²) in [5, 5.41) is 24.0. The van der Waals surface area contributed by atoms with E-state index in [1.807, 2.05) is 38.1 Å². The summed E-state index contributed by atoms with van der Waals surface area (Å²) in [6.07, 6.45) is 10.8. The summed E-state index contributed by atoms with van der Waals surface area (Å²) >= 11 is 0. The maximum Gasteiger partial charge on any atom is 0.455 e. The van der Waals surface area contributed by atoms with E-state index in [0.717, 1.165) is 79.2 Å². The summed E-state index contributed by atoms with van der Waals surface area (Å²) < 4.78 is 14.1. The van der Waals surface area contributed by atoms with Crippen molar-refractivity contribution in [3.8, 4) is 5.75 Å². The van der Waals surface area contributed by atoms with Crippen LogP contribution in [0.1, 0.15) is 109 Å². The van der Waals surface area contributed by atoms with E-state index in [0.29, 0.717) is 25.2 Å². The highest BCUT2D eigenvalue weighted by Gasteiger charge is 2.59. The molecule has 302 valence electrons. The summed E-state index contributed by atoms with van der Waals surface area (Å²) in [6.45, 7) is 13.2. The zero-order valence-electron chi connectivity index (χ0n) is 34.9. The van der Waals surface area contributed by atoms with Crippen molar-refractivity contribution in [2.45, 2.75) is 129 Å². The maximum atomic E-state index is 14.6. The molecule has 0 aromatic heterocycles. The van der Waals surface area contributed by atoms with Crippen LogP contribution in [0.5, 0.6) is 5.75 Å². The van der Waals surface area contributed by atoms with Gasteiger partial charge in [-0.3, -0.25) is 14.5 Å². The lowest BCUT2D eigenvalue weighted by Gasteiger charge is -2.46. The zero-order valence-corrected chi connectivity index (χ0v) is 35.9. The number of aryl methyl sites for hydroxylation is 2. The number of fused-ring (bicyclic) bond motifs is 3. The van der Waals surface area contributed by atoms with Crippen molar-refractivity contribution in [3.63, 3.8) is 0 Å². The molecule has 4 aliphatic rings. The lowest BCUT2D eigenvalue weighted by atomic mass is 9.58. The van der Waals surface area contributed by atoms with Gasteiger partial charge in [-0.2, -0.15) is 0 Å². The highest BCUT2D eigenvalue weighted by atomic mass is 28.4. The second kappa shape index (κ2) is 17.2. The Morgan fingerprint density at radius 2 is 1.53 bits per heavy atom. The van der Waals surface area contributed by atoms with E-state index in [4.69, 9.17) is 9.08 Å². The molecule has 4 atom stereocenters. The van der Waals surface area contributed by atoms with Gasteiger partial charge in [0.1, 0.15) is 5.75 Å². The molecular weight excluding hydrogens is 725 g/mol. The van der Waals surface area contributed by atoms with Gasteiger partial charge in [0.05, 0.1) is 24.5 Å². The molecule has 0 radical (unpaired) electrons. The first-order valence-corrected chi connectivity index (χ1v) is 23.4. The average Bonchev–Trinajstić information content (AvgIpc) is 3.45. The fraction of sp³-hybridized carbons (Fsp3) is 0.500. The van der Waals surface area contributed by atoms with E-state index in [1.54, 1.807) is 4.90 Å². The Bertz CT molecular complexity index is 1920. The largest absolute Gasteiger partial charge is 0.507 e. The third-order valence-electron chi connectivity index (χ3n) is 13.3. The summed E-state index contributed by atoms with van der Waals surface area (Å²) in [4.78, 5) is 30.7. The van der Waals surface area contributed by atoms with Gasteiger partial charge in [0.2, 0.25) is 11.8 Å². The SMILES string of the molecule is CCC/C(=C\c1cc(C)c(O)c(C)c1)CC[C@H]1OB(O)C[C@H]2C1=C(CO[Si](c1ccccc1)(c1ccccc1)C(C)(C)C)C[C@H]1C(=O)N(C3CCCCC3)C(=O)[C@H]12. The molecule has 0 spiro atoms. The van der Waals surface area contributed by atoms with E-state index >= 15 is 0 Å². The van der Waals surface area contributed by atoms with Gasteiger partial charge < -0.3 is 19.2 Å². The van der Waals surface area contributed by atoms with E-state index in [2.05, 4.69) is 82.3 Å². The molecule has 3 aromatic rings. The number of imide groups is 1. The first kappa shape index (κ1) is 41.4. The number of carbonyl (C=O) groups is 2. The normalized spacial score (nSPS) is 23.6. The van der Waals surface area contributed by atoms with Gasteiger partial charge in [-0.05, 0) is 120 Å². The van der Waals surface area contributed by atoms with Gasteiger partial charge in [-0.25, -0.2) is 0 Å². The van der Waals surface area contributed by atoms with Crippen LogP contribution in [-0.4, -0.2) is 61.0 Å². The van der Waals surface area contributed by atoms with Crippen LogP contribution in [0.15, 0.2) is 89.5 Å². The van der Waals surface area contributed by atoms with Crippen LogP contribution in [0.2, 0.25) is 11.4 Å². The van der Waals surface area contributed by atoms with Crippen LogP contribution in [0, 0.1) is 31.6 Å². The first-order valence-electron chi connectivity index (χ1n) is 21.5. The molecule has 2 aliphatic carbocycles. The van der Waals surface area contributed by atoms with E-state index in [-0.39, 0.29) is 35.1 Å². The van der Waals surface area contributed by atoms with Crippen molar-refractivity contribution in [1.82, 2.24) is 4.90 Å². The smallest absolute Gasteiger partial charge is 0.455 e. The summed E-state index contributed by atoms with van der Waals surface area (Å²) in [5.74, 6) is -1.03. The Kier molecular flexibility index (Phi) is 12.5. The fourth-order valence-electron chi connectivity index (χ4n) is 10.8. The van der Waals surface area contributed by atoms with Gasteiger partial charge in [0.25, 0.3) is 8.32 Å². The second-order valence-electron chi connectivity index (χ2n) is 18.2. The number of phenolic OH excluding ortho intramolecular Hbond substituents is 1. The molecule has 1 saturated carbocycles. The minimum absolute atomic E-state index is 0.0379. The number of likely N-dealkylation sites (tertiary alicyclic amines) is 1. The van der Waals surface area contributed by atoms with Crippen molar-refractivity contribution in [1.29, 1.82) is 0 Å². The predicted octanol–water partition coefficient (Wildman–Crippen LogP) is 8.68. The van der Waals surface area contributed by atoms with Crippen LogP contribution in [-0.2, 0) is 18.7 Å². The quantitative estimate of drug-likeness (QED) is 0.108. The molecule has 57 heavy (non-hydrogen) atoms. The number of hydrogen-bond donors (Lipinski definition) is 2. The lowest BCUT2D eigenvalue weighted by molar-refractivity contribution is -0.143. The molecule has 0 bridgehead atoms. The molecule has 2 saturated heterocycles. The average molecular weight is 788 g/mol. The Balaban J connectivity index is 1.30. The number of phenols is 1. The maximum absolute atomic E-state index is 14.6. The van der Waals surface area contributed by atoms with Gasteiger partial charge in [-0.15, -0.1) is 0 Å². The lowest BCUT2D eigenvalue weighted by Crippen LogP contribution is -2.66. The Labute approximate surface area is 341 Å². The Morgan fingerprint density at radius 1 is 0.912 bits per heavy atom. The fourth-order valence-corrected chi connectivity index (χ4v) is 15.3. The molecule has 7 nitrogen and oxygen atoms in total. The number of aromatic hydroxyl groups is 1. The van der Waals surface area contributed by atoms with Crippen molar-refractivity contribution < 1.29 is 28.8 Å². The highest BCUT2D eigenvalue weighted by molar-refractivity contribution is 6.99. The van der Waals surface area contributed by atoms with E-state index in [9.17, 15) is 19.7 Å². The van der Waals surface area contributed by atoms with Crippen LogP contribution in [0.3, 0.4) is 0 Å². The highest BCUT2D eigenvalue weighted by Crippen LogP contribution is 2.52.